The van der Waals surface area contributed by atoms with Gasteiger partial charge >= 0.3 is 5.97 Å². The topological polar surface area (TPSA) is 137 Å². The Kier molecular flexibility index (Phi) is 16.4. The minimum absolute atomic E-state index is 0.310. The molecule has 1 aromatic heterocycles. The van der Waals surface area contributed by atoms with E-state index in [2.05, 4.69) is 14.8 Å². The van der Waals surface area contributed by atoms with Crippen LogP contribution in [0.1, 0.15) is 13.3 Å². The van der Waals surface area contributed by atoms with Crippen molar-refractivity contribution in [3.05, 3.63) is 56.6 Å². The number of Topliss-reactive ketones (excluding diaryl/α,β-unsaturated/α-hetero) is 1. The lowest BCUT2D eigenvalue weighted by Gasteiger charge is -2.26. The molecule has 0 aliphatic carbocycles. The maximum absolute atomic E-state index is 9.87. The summed E-state index contributed by atoms with van der Waals surface area (Å²) in [6.07, 6.45) is -0.361. The van der Waals surface area contributed by atoms with Gasteiger partial charge in [0.1, 0.15) is 52.1 Å². The number of anilines is 1. The molecule has 0 radical (unpaired) electrons. The molecule has 3 heterocycles. The van der Waals surface area contributed by atoms with Crippen LogP contribution in [0.5, 0.6) is 11.5 Å². The summed E-state index contributed by atoms with van der Waals surface area (Å²) < 4.78 is 22.0. The molecule has 5 rings (SSSR count). The monoisotopic (exact) mass is 718 g/mol. The molecule has 0 saturated carbocycles. The highest BCUT2D eigenvalue weighted by molar-refractivity contribution is 6.41. The highest BCUT2D eigenvalue weighted by Crippen LogP contribution is 2.36. The predicted octanol–water partition coefficient (Wildman–Crippen LogP) is 5.59. The fraction of sp³-hybridized carbons (Fsp3) is 0.452. The van der Waals surface area contributed by atoms with Crippen LogP contribution in [0, 0.1) is 0 Å². The first-order chi connectivity index (χ1) is 22.0. The largest absolute Gasteiger partial charge is 0.491 e. The molecule has 0 spiro atoms. The summed E-state index contributed by atoms with van der Waals surface area (Å²) in [4.78, 5) is 28.3. The van der Waals surface area contributed by atoms with Crippen LogP contribution in [0.4, 0.5) is 5.69 Å². The first kappa shape index (κ1) is 37.8. The van der Waals surface area contributed by atoms with Gasteiger partial charge in [-0.3, -0.25) is 19.4 Å². The summed E-state index contributed by atoms with van der Waals surface area (Å²) in [6.45, 7) is 11.1. The summed E-state index contributed by atoms with van der Waals surface area (Å²) in [5.74, 6) is -0.131. The van der Waals surface area contributed by atoms with E-state index in [1.165, 1.54) is 6.92 Å². The molecule has 0 amide bonds. The van der Waals surface area contributed by atoms with Crippen molar-refractivity contribution in [1.82, 2.24) is 14.8 Å². The third-order valence-corrected chi connectivity index (χ3v) is 8.01. The number of aromatic nitrogens is 1. The predicted molar refractivity (Wildman–Crippen MR) is 181 cm³/mol. The molecule has 11 nitrogen and oxygen atoms in total. The van der Waals surface area contributed by atoms with Gasteiger partial charge in [-0.1, -0.05) is 52.5 Å². The number of carboxylic acid groups (broad SMARTS) is 1. The Labute approximate surface area is 288 Å². The van der Waals surface area contributed by atoms with Gasteiger partial charge in [0.15, 0.2) is 0 Å². The van der Waals surface area contributed by atoms with Crippen molar-refractivity contribution in [2.45, 2.75) is 13.3 Å². The highest BCUT2D eigenvalue weighted by atomic mass is 35.5. The van der Waals surface area contributed by atoms with Gasteiger partial charge in [-0.15, -0.1) is 0 Å². The van der Waals surface area contributed by atoms with Crippen molar-refractivity contribution < 1.29 is 33.6 Å². The van der Waals surface area contributed by atoms with Crippen LogP contribution in [-0.4, -0.2) is 111 Å². The normalized spacial score (nSPS) is 15.2. The maximum Gasteiger partial charge on any atom is 0.310 e. The number of hydrogen-bond acceptors (Lipinski definition) is 10. The Morgan fingerprint density at radius 2 is 1.41 bits per heavy atom. The maximum atomic E-state index is 9.87. The van der Waals surface area contributed by atoms with Gasteiger partial charge < -0.3 is 29.8 Å². The van der Waals surface area contributed by atoms with Crippen molar-refractivity contribution in [3.8, 4) is 11.5 Å². The van der Waals surface area contributed by atoms with Crippen LogP contribution in [0.3, 0.4) is 0 Å². The fourth-order valence-corrected chi connectivity index (χ4v) is 5.30. The second kappa shape index (κ2) is 19.9. The molecular weight excluding hydrogens is 682 g/mol. The average molecular weight is 720 g/mol. The molecule has 252 valence electrons. The van der Waals surface area contributed by atoms with E-state index < -0.39 is 5.97 Å². The number of nitrogens with zero attached hydrogens (tertiary/aromatic N) is 3. The number of benzene rings is 2. The summed E-state index contributed by atoms with van der Waals surface area (Å²) in [7, 11) is 0. The molecule has 2 aromatic carbocycles. The molecule has 2 saturated heterocycles. The van der Waals surface area contributed by atoms with Crippen molar-refractivity contribution in [2.75, 3.05) is 84.6 Å². The van der Waals surface area contributed by atoms with Gasteiger partial charge in [0.05, 0.1) is 42.7 Å². The number of carbonyl (C=O) groups excluding carboxylic acids is 1. The van der Waals surface area contributed by atoms with E-state index in [9.17, 15) is 9.59 Å². The van der Waals surface area contributed by atoms with Gasteiger partial charge in [0.2, 0.25) is 0 Å². The number of hydrogen-bond donors (Lipinski definition) is 2. The van der Waals surface area contributed by atoms with Crippen LogP contribution in [0.25, 0.3) is 10.9 Å². The average Bonchev–Trinajstić information content (AvgIpc) is 3.02. The van der Waals surface area contributed by atoms with E-state index in [4.69, 9.17) is 76.2 Å². The molecule has 0 bridgehead atoms. The molecule has 3 N–H and O–H groups in total. The number of fused-ring (bicyclic) bond motifs is 1. The van der Waals surface area contributed by atoms with Crippen molar-refractivity contribution in [3.63, 3.8) is 0 Å². The van der Waals surface area contributed by atoms with Crippen molar-refractivity contribution in [2.24, 2.45) is 0 Å². The van der Waals surface area contributed by atoms with E-state index in [0.717, 1.165) is 71.1 Å². The molecule has 15 heteroatoms. The van der Waals surface area contributed by atoms with E-state index in [0.29, 0.717) is 56.1 Å². The second-order valence-electron chi connectivity index (χ2n) is 10.2. The summed E-state index contributed by atoms with van der Waals surface area (Å²) in [6, 6.07) is 10.7. The Balaban J connectivity index is 0.000000213. The first-order valence-electron chi connectivity index (χ1n) is 14.6. The van der Waals surface area contributed by atoms with Gasteiger partial charge in [0, 0.05) is 44.7 Å². The number of nitrogen functional groups attached to an aromatic ring is 1. The van der Waals surface area contributed by atoms with E-state index >= 15 is 0 Å². The number of halogens is 4. The number of carbonyl (C=O) groups is 2. The Morgan fingerprint density at radius 1 is 0.870 bits per heavy atom. The minimum Gasteiger partial charge on any atom is -0.491 e. The first-order valence-corrected chi connectivity index (χ1v) is 16.1. The van der Waals surface area contributed by atoms with Crippen LogP contribution in [0.15, 0.2) is 36.4 Å². The number of nitrogens with two attached hydrogens (primary N) is 1. The van der Waals surface area contributed by atoms with Gasteiger partial charge in [-0.2, -0.15) is 0 Å². The standard InChI is InChI=1S/C15H15Cl3N2O2.C12H17ClN2O2.C4H6O3/c16-11-9-13(17)19-15-10(11)1-2-12(14(15)18)22-8-5-20-3-6-21-7-4-20;13-12-10(14)2-1-3-11(12)17-9-6-15-4-7-16-8-5-15;1-3(5)2-4(6)7/h1-2,9H,3-8H2;1-3H,4-9,14H2;2H2,1H3,(H,6,7). The second-order valence-corrected chi connectivity index (χ2v) is 11.8. The number of ether oxygens (including phenoxy) is 4. The summed E-state index contributed by atoms with van der Waals surface area (Å²) in [5.41, 5.74) is 6.81. The number of rotatable bonds is 10. The Hall–Kier alpha value is -2.61. The zero-order chi connectivity index (χ0) is 33.5. The number of pyridine rings is 1. The van der Waals surface area contributed by atoms with Crippen LogP contribution < -0.4 is 15.2 Å². The van der Waals surface area contributed by atoms with Crippen LogP contribution in [-0.2, 0) is 19.1 Å². The third-order valence-electron chi connectivity index (χ3n) is 6.73. The lowest BCUT2D eigenvalue weighted by molar-refractivity contribution is -0.139. The summed E-state index contributed by atoms with van der Waals surface area (Å²) >= 11 is 24.5. The van der Waals surface area contributed by atoms with E-state index in [1.54, 1.807) is 12.1 Å². The van der Waals surface area contributed by atoms with Gasteiger partial charge in [-0.05, 0) is 37.3 Å². The molecule has 3 aromatic rings. The smallest absolute Gasteiger partial charge is 0.310 e. The lowest BCUT2D eigenvalue weighted by Crippen LogP contribution is -2.38. The molecule has 0 unspecified atom stereocenters. The fourth-order valence-electron chi connectivity index (χ4n) is 4.35. The Bertz CT molecular complexity index is 1430. The van der Waals surface area contributed by atoms with Crippen LogP contribution >= 0.6 is 46.4 Å². The SMILES string of the molecule is CC(=O)CC(=O)O.Clc1cc(Cl)c2ccc(OCCN3CCOCC3)c(Cl)c2n1.Nc1cccc(OCCN2CCOCC2)c1Cl. The molecule has 2 aliphatic heterocycles. The summed E-state index contributed by atoms with van der Waals surface area (Å²) in [5, 5.41) is 10.4. The van der Waals surface area contributed by atoms with Crippen LogP contribution in [0.2, 0.25) is 20.2 Å². The zero-order valence-electron chi connectivity index (χ0n) is 25.5. The highest BCUT2D eigenvalue weighted by Gasteiger charge is 2.14. The zero-order valence-corrected chi connectivity index (χ0v) is 28.5. The van der Waals surface area contributed by atoms with E-state index in [-0.39, 0.29) is 12.2 Å². The Morgan fingerprint density at radius 3 is 1.91 bits per heavy atom. The number of ketones is 1. The molecule has 46 heavy (non-hydrogen) atoms. The molecule has 0 atom stereocenters. The quantitative estimate of drug-likeness (QED) is 0.154. The lowest BCUT2D eigenvalue weighted by atomic mass is 10.2. The molecular formula is C31H38Cl4N4O7. The van der Waals surface area contributed by atoms with Crippen molar-refractivity contribution in [1.29, 1.82) is 0 Å². The third kappa shape index (κ3) is 12.9. The molecule has 2 aliphatic rings. The number of carboxylic acids is 1. The van der Waals surface area contributed by atoms with E-state index in [1.807, 2.05) is 24.3 Å². The number of morpholine rings is 2. The minimum atomic E-state index is -1.06. The van der Waals surface area contributed by atoms with Gasteiger partial charge in [-0.25, -0.2) is 4.98 Å². The van der Waals surface area contributed by atoms with Gasteiger partial charge in [0.25, 0.3) is 0 Å². The molecule has 2 fully saturated rings. The number of aliphatic carboxylic acids is 1. The van der Waals surface area contributed by atoms with Crippen molar-refractivity contribution >= 4 is 74.7 Å².